The van der Waals surface area contributed by atoms with Gasteiger partial charge in [0, 0.05) is 17.7 Å². The highest BCUT2D eigenvalue weighted by molar-refractivity contribution is 5.96. The molecule has 25 heavy (non-hydrogen) atoms. The highest BCUT2D eigenvalue weighted by Gasteiger charge is 2.07. The molecule has 2 rings (SSSR count). The molecule has 2 amide bonds. The lowest BCUT2D eigenvalue weighted by Crippen LogP contribution is -2.18. The summed E-state index contributed by atoms with van der Waals surface area (Å²) in [6.07, 6.45) is 2.06. The summed E-state index contributed by atoms with van der Waals surface area (Å²) in [5, 5.41) is 6.77. The van der Waals surface area contributed by atoms with Gasteiger partial charge in [0.1, 0.15) is 0 Å². The van der Waals surface area contributed by atoms with Gasteiger partial charge in [-0.3, -0.25) is 9.59 Å². The van der Waals surface area contributed by atoms with Crippen molar-refractivity contribution in [2.75, 3.05) is 5.32 Å². The Morgan fingerprint density at radius 1 is 1.04 bits per heavy atom. The van der Waals surface area contributed by atoms with Gasteiger partial charge >= 0.3 is 0 Å². The number of hydrazone groups is 1. The van der Waals surface area contributed by atoms with Crippen LogP contribution in [0.15, 0.2) is 53.6 Å². The van der Waals surface area contributed by atoms with Crippen molar-refractivity contribution in [2.45, 2.75) is 27.2 Å². The predicted octanol–water partition coefficient (Wildman–Crippen LogP) is 3.74. The number of carbonyl (C=O) groups excluding carboxylic acids is 2. The lowest BCUT2D eigenvalue weighted by atomic mass is 10.1. The minimum Gasteiger partial charge on any atom is -0.326 e. The van der Waals surface area contributed by atoms with E-state index in [4.69, 9.17) is 0 Å². The summed E-state index contributed by atoms with van der Waals surface area (Å²) in [5.74, 6) is -0.0326. The monoisotopic (exact) mass is 337 g/mol. The number of anilines is 1. The maximum absolute atomic E-state index is 12.1. The predicted molar refractivity (Wildman–Crippen MR) is 101 cm³/mol. The van der Waals surface area contributed by atoms with Crippen LogP contribution >= 0.6 is 0 Å². The highest BCUT2D eigenvalue weighted by atomic mass is 16.2. The van der Waals surface area contributed by atoms with E-state index in [1.807, 2.05) is 45.0 Å². The topological polar surface area (TPSA) is 70.6 Å². The quantitative estimate of drug-likeness (QED) is 0.622. The van der Waals surface area contributed by atoms with E-state index in [-0.39, 0.29) is 11.8 Å². The van der Waals surface area contributed by atoms with Gasteiger partial charge in [-0.25, -0.2) is 5.43 Å². The van der Waals surface area contributed by atoms with Gasteiger partial charge in [-0.2, -0.15) is 5.10 Å². The molecule has 0 fully saturated rings. The second kappa shape index (κ2) is 8.78. The van der Waals surface area contributed by atoms with E-state index in [0.29, 0.717) is 23.6 Å². The second-order valence-corrected chi connectivity index (χ2v) is 6.33. The van der Waals surface area contributed by atoms with Crippen LogP contribution in [0.2, 0.25) is 0 Å². The maximum atomic E-state index is 12.1. The standard InChI is InChI=1S/C20H23N3O2/c1-14(2)12-19(24)22-18-10-8-17(9-11-18)20(25)23-21-13-16-6-4-15(3)5-7-16/h4-11,13-14H,12H2,1-3H3,(H,22,24)(H,23,25). The van der Waals surface area contributed by atoms with Crippen molar-refractivity contribution in [3.05, 3.63) is 65.2 Å². The molecule has 0 aliphatic heterocycles. The molecule has 0 heterocycles. The van der Waals surface area contributed by atoms with Crippen LogP contribution in [-0.4, -0.2) is 18.0 Å². The third kappa shape index (κ3) is 6.22. The second-order valence-electron chi connectivity index (χ2n) is 6.33. The van der Waals surface area contributed by atoms with Gasteiger partial charge in [-0.1, -0.05) is 43.7 Å². The van der Waals surface area contributed by atoms with Crippen molar-refractivity contribution in [1.82, 2.24) is 5.43 Å². The van der Waals surface area contributed by atoms with E-state index in [0.717, 1.165) is 5.56 Å². The molecule has 0 radical (unpaired) electrons. The lowest BCUT2D eigenvalue weighted by Gasteiger charge is -2.07. The summed E-state index contributed by atoms with van der Waals surface area (Å²) in [7, 11) is 0. The molecule has 0 saturated heterocycles. The summed E-state index contributed by atoms with van der Waals surface area (Å²) in [6.45, 7) is 5.99. The van der Waals surface area contributed by atoms with Crippen LogP contribution in [0.5, 0.6) is 0 Å². The molecule has 5 nitrogen and oxygen atoms in total. The van der Waals surface area contributed by atoms with Gasteiger partial charge in [-0.15, -0.1) is 0 Å². The SMILES string of the molecule is Cc1ccc(C=NNC(=O)c2ccc(NC(=O)CC(C)C)cc2)cc1. The number of nitrogens with zero attached hydrogens (tertiary/aromatic N) is 1. The first-order chi connectivity index (χ1) is 11.9. The van der Waals surface area contributed by atoms with Gasteiger partial charge in [-0.05, 0) is 42.7 Å². The van der Waals surface area contributed by atoms with Crippen LogP contribution in [-0.2, 0) is 4.79 Å². The molecule has 130 valence electrons. The zero-order chi connectivity index (χ0) is 18.2. The van der Waals surface area contributed by atoms with E-state index in [9.17, 15) is 9.59 Å². The molecule has 0 atom stereocenters. The summed E-state index contributed by atoms with van der Waals surface area (Å²) in [4.78, 5) is 23.8. The fourth-order valence-corrected chi connectivity index (χ4v) is 2.17. The average Bonchev–Trinajstić information content (AvgIpc) is 2.56. The maximum Gasteiger partial charge on any atom is 0.271 e. The number of amides is 2. The minimum atomic E-state index is -0.302. The van der Waals surface area contributed by atoms with Crippen molar-refractivity contribution in [1.29, 1.82) is 0 Å². The Morgan fingerprint density at radius 3 is 2.28 bits per heavy atom. The van der Waals surface area contributed by atoms with Crippen LogP contribution in [0, 0.1) is 12.8 Å². The number of hydrogen-bond donors (Lipinski definition) is 2. The van der Waals surface area contributed by atoms with Gasteiger partial charge in [0.05, 0.1) is 6.21 Å². The molecule has 2 N–H and O–H groups in total. The number of hydrogen-bond acceptors (Lipinski definition) is 3. The third-order valence-electron chi connectivity index (χ3n) is 3.48. The molecule has 0 aliphatic carbocycles. The third-order valence-corrected chi connectivity index (χ3v) is 3.48. The Morgan fingerprint density at radius 2 is 1.68 bits per heavy atom. The molecule has 2 aromatic carbocycles. The van der Waals surface area contributed by atoms with Crippen LogP contribution in [0.1, 0.15) is 41.8 Å². The van der Waals surface area contributed by atoms with Crippen molar-refractivity contribution >= 4 is 23.7 Å². The Bertz CT molecular complexity index is 748. The number of rotatable bonds is 6. The Labute approximate surface area is 148 Å². The largest absolute Gasteiger partial charge is 0.326 e. The number of benzene rings is 2. The van der Waals surface area contributed by atoms with Gasteiger partial charge in [0.25, 0.3) is 5.91 Å². The Hall–Kier alpha value is -2.95. The van der Waals surface area contributed by atoms with Crippen molar-refractivity contribution in [2.24, 2.45) is 11.0 Å². The molecule has 0 saturated carbocycles. The normalized spacial score (nSPS) is 10.9. The van der Waals surface area contributed by atoms with Crippen molar-refractivity contribution in [3.8, 4) is 0 Å². The molecule has 2 aromatic rings. The summed E-state index contributed by atoms with van der Waals surface area (Å²) in [5.41, 5.74) is 5.72. The number of nitrogens with one attached hydrogen (secondary N) is 2. The zero-order valence-electron chi connectivity index (χ0n) is 14.7. The first-order valence-corrected chi connectivity index (χ1v) is 8.24. The first kappa shape index (κ1) is 18.4. The van der Waals surface area contributed by atoms with Crippen LogP contribution in [0.3, 0.4) is 0 Å². The number of aryl methyl sites for hydroxylation is 1. The van der Waals surface area contributed by atoms with Gasteiger partial charge < -0.3 is 5.32 Å². The van der Waals surface area contributed by atoms with Crippen molar-refractivity contribution < 1.29 is 9.59 Å². The minimum absolute atomic E-state index is 0.0325. The Kier molecular flexibility index (Phi) is 6.46. The average molecular weight is 337 g/mol. The highest BCUT2D eigenvalue weighted by Crippen LogP contribution is 2.11. The van der Waals surface area contributed by atoms with E-state index in [1.54, 1.807) is 30.5 Å². The molecular formula is C20H23N3O2. The Balaban J connectivity index is 1.89. The first-order valence-electron chi connectivity index (χ1n) is 8.24. The van der Waals surface area contributed by atoms with Gasteiger partial charge in [0.2, 0.25) is 5.91 Å². The van der Waals surface area contributed by atoms with Gasteiger partial charge in [0.15, 0.2) is 0 Å². The molecule has 0 bridgehead atoms. The fraction of sp³-hybridized carbons (Fsp3) is 0.250. The molecule has 5 heteroatoms. The molecule has 0 aromatic heterocycles. The van der Waals surface area contributed by atoms with E-state index in [1.165, 1.54) is 5.56 Å². The smallest absolute Gasteiger partial charge is 0.271 e. The van der Waals surface area contributed by atoms with Crippen LogP contribution in [0.25, 0.3) is 0 Å². The van der Waals surface area contributed by atoms with E-state index >= 15 is 0 Å². The van der Waals surface area contributed by atoms with E-state index < -0.39 is 0 Å². The van der Waals surface area contributed by atoms with Crippen LogP contribution in [0.4, 0.5) is 5.69 Å². The zero-order valence-corrected chi connectivity index (χ0v) is 14.7. The summed E-state index contributed by atoms with van der Waals surface area (Å²) >= 11 is 0. The molecule has 0 unspecified atom stereocenters. The lowest BCUT2D eigenvalue weighted by molar-refractivity contribution is -0.116. The van der Waals surface area contributed by atoms with E-state index in [2.05, 4.69) is 15.8 Å². The van der Waals surface area contributed by atoms with Crippen LogP contribution < -0.4 is 10.7 Å². The molecule has 0 spiro atoms. The summed E-state index contributed by atoms with van der Waals surface area (Å²) in [6, 6.07) is 14.5. The number of carbonyl (C=O) groups is 2. The molecular weight excluding hydrogens is 314 g/mol. The molecule has 0 aliphatic rings. The van der Waals surface area contributed by atoms with Crippen molar-refractivity contribution in [3.63, 3.8) is 0 Å². The fourth-order valence-electron chi connectivity index (χ4n) is 2.17. The summed E-state index contributed by atoms with van der Waals surface area (Å²) < 4.78 is 0.